The molecule has 2 aromatic heterocycles. The standard InChI is InChI=1S/C28H34N4O3/c1-5-17(2)24(28(34)35)31-27(33)21-14-15-32-22(16-21)29-25(20-12-7-6-8-13-20)26(32)30-23-18(3)10-9-11-19(23)4/h6-7,9-11,14-17,20,24,30H,5,8,12-13H2,1-4H3,(H,31,33)(H,34,35). The number of nitrogens with one attached hydrogen (secondary N) is 2. The average molecular weight is 475 g/mol. The summed E-state index contributed by atoms with van der Waals surface area (Å²) in [4.78, 5) is 29.6. The van der Waals surface area contributed by atoms with Crippen LogP contribution >= 0.6 is 0 Å². The quantitative estimate of drug-likeness (QED) is 0.362. The van der Waals surface area contributed by atoms with Crippen molar-refractivity contribution in [2.45, 2.75) is 65.3 Å². The van der Waals surface area contributed by atoms with Crippen LogP contribution < -0.4 is 10.6 Å². The first kappa shape index (κ1) is 24.5. The van der Waals surface area contributed by atoms with Crippen LogP contribution in [0.3, 0.4) is 0 Å². The second-order valence-electron chi connectivity index (χ2n) is 9.54. The Kier molecular flexibility index (Phi) is 7.24. The van der Waals surface area contributed by atoms with Crippen molar-refractivity contribution in [1.29, 1.82) is 0 Å². The number of rotatable bonds is 8. The third-order valence-electron chi connectivity index (χ3n) is 7.06. The van der Waals surface area contributed by atoms with E-state index in [2.05, 4.69) is 48.8 Å². The minimum Gasteiger partial charge on any atom is -0.480 e. The number of carbonyl (C=O) groups is 2. The van der Waals surface area contributed by atoms with E-state index in [9.17, 15) is 14.7 Å². The van der Waals surface area contributed by atoms with Crippen molar-refractivity contribution in [1.82, 2.24) is 14.7 Å². The number of amides is 1. The molecule has 0 spiro atoms. The lowest BCUT2D eigenvalue weighted by Gasteiger charge is -2.20. The number of carboxylic acids is 1. The third-order valence-corrected chi connectivity index (χ3v) is 7.06. The highest BCUT2D eigenvalue weighted by Gasteiger charge is 2.27. The fourth-order valence-electron chi connectivity index (χ4n) is 4.69. The van der Waals surface area contributed by atoms with E-state index < -0.39 is 17.9 Å². The number of pyridine rings is 1. The molecule has 0 aliphatic heterocycles. The lowest BCUT2D eigenvalue weighted by atomic mass is 9.91. The average Bonchev–Trinajstić information content (AvgIpc) is 3.22. The van der Waals surface area contributed by atoms with Crippen molar-refractivity contribution in [2.75, 3.05) is 5.32 Å². The Morgan fingerprint density at radius 3 is 2.57 bits per heavy atom. The minimum atomic E-state index is -1.03. The van der Waals surface area contributed by atoms with Gasteiger partial charge < -0.3 is 15.7 Å². The first-order valence-corrected chi connectivity index (χ1v) is 12.3. The van der Waals surface area contributed by atoms with Gasteiger partial charge in [-0.25, -0.2) is 9.78 Å². The van der Waals surface area contributed by atoms with Crippen molar-refractivity contribution in [3.05, 3.63) is 71.1 Å². The number of aliphatic carboxylic acids is 1. The highest BCUT2D eigenvalue weighted by Crippen LogP contribution is 2.36. The van der Waals surface area contributed by atoms with E-state index in [-0.39, 0.29) is 11.8 Å². The number of hydrogen-bond donors (Lipinski definition) is 3. The van der Waals surface area contributed by atoms with Crippen LogP contribution in [0.1, 0.15) is 72.6 Å². The molecule has 184 valence electrons. The van der Waals surface area contributed by atoms with Gasteiger partial charge in [0.15, 0.2) is 0 Å². The molecular formula is C28H34N4O3. The molecule has 1 aliphatic rings. The Morgan fingerprint density at radius 2 is 1.94 bits per heavy atom. The number of imidazole rings is 1. The molecule has 1 amide bonds. The highest BCUT2D eigenvalue weighted by molar-refractivity contribution is 5.97. The van der Waals surface area contributed by atoms with E-state index in [1.807, 2.05) is 30.5 Å². The SMILES string of the molecule is CCC(C)C(NC(=O)c1ccn2c(Nc3c(C)cccc3C)c(C3CC=CCC3)nc2c1)C(=O)O. The fraction of sp³-hybridized carbons (Fsp3) is 0.393. The molecule has 0 fully saturated rings. The summed E-state index contributed by atoms with van der Waals surface area (Å²) in [5.74, 6) is -0.416. The summed E-state index contributed by atoms with van der Waals surface area (Å²) in [7, 11) is 0. The van der Waals surface area contributed by atoms with Crippen molar-refractivity contribution in [3.63, 3.8) is 0 Å². The molecule has 1 aliphatic carbocycles. The molecule has 35 heavy (non-hydrogen) atoms. The van der Waals surface area contributed by atoms with Crippen molar-refractivity contribution < 1.29 is 14.7 Å². The molecule has 2 heterocycles. The number of nitrogens with zero attached hydrogens (tertiary/aromatic N) is 2. The second-order valence-corrected chi connectivity index (χ2v) is 9.54. The van der Waals surface area contributed by atoms with Crippen LogP contribution in [-0.4, -0.2) is 32.4 Å². The van der Waals surface area contributed by atoms with Gasteiger partial charge >= 0.3 is 5.97 Å². The van der Waals surface area contributed by atoms with E-state index in [0.717, 1.165) is 47.6 Å². The van der Waals surface area contributed by atoms with Crippen LogP contribution in [0.25, 0.3) is 5.65 Å². The van der Waals surface area contributed by atoms with Crippen molar-refractivity contribution >= 4 is 29.0 Å². The van der Waals surface area contributed by atoms with E-state index in [1.165, 1.54) is 0 Å². The molecule has 0 saturated carbocycles. The Labute approximate surface area is 206 Å². The van der Waals surface area contributed by atoms with Crippen LogP contribution in [0.4, 0.5) is 11.5 Å². The molecule has 0 saturated heterocycles. The van der Waals surface area contributed by atoms with Gasteiger partial charge in [0.05, 0.1) is 5.69 Å². The normalized spacial score (nSPS) is 17.2. The molecule has 3 N–H and O–H groups in total. The number of para-hydroxylation sites is 1. The molecule has 3 atom stereocenters. The number of allylic oxidation sites excluding steroid dienone is 2. The van der Waals surface area contributed by atoms with Gasteiger partial charge in [-0.2, -0.15) is 0 Å². The van der Waals surface area contributed by atoms with Gasteiger partial charge in [-0.05, 0) is 62.3 Å². The van der Waals surface area contributed by atoms with E-state index in [4.69, 9.17) is 4.98 Å². The molecule has 3 aromatic rings. The molecule has 7 nitrogen and oxygen atoms in total. The predicted molar refractivity (Wildman–Crippen MR) is 138 cm³/mol. The first-order valence-electron chi connectivity index (χ1n) is 12.3. The van der Waals surface area contributed by atoms with E-state index in [0.29, 0.717) is 17.6 Å². The summed E-state index contributed by atoms with van der Waals surface area (Å²) in [6.07, 6.45) is 9.88. The zero-order valence-electron chi connectivity index (χ0n) is 20.8. The zero-order valence-corrected chi connectivity index (χ0v) is 20.8. The monoisotopic (exact) mass is 474 g/mol. The van der Waals surface area contributed by atoms with Gasteiger partial charge in [-0.15, -0.1) is 0 Å². The summed E-state index contributed by atoms with van der Waals surface area (Å²) >= 11 is 0. The topological polar surface area (TPSA) is 95.7 Å². The molecule has 0 radical (unpaired) electrons. The first-order chi connectivity index (χ1) is 16.8. The van der Waals surface area contributed by atoms with Gasteiger partial charge in [0.1, 0.15) is 17.5 Å². The Morgan fingerprint density at radius 1 is 1.20 bits per heavy atom. The molecule has 0 bridgehead atoms. The highest BCUT2D eigenvalue weighted by atomic mass is 16.4. The second kappa shape index (κ2) is 10.3. The summed E-state index contributed by atoms with van der Waals surface area (Å²) in [5.41, 5.74) is 5.39. The number of carboxylic acid groups (broad SMARTS) is 1. The number of aromatic nitrogens is 2. The number of aryl methyl sites for hydroxylation is 2. The Balaban J connectivity index is 1.73. The summed E-state index contributed by atoms with van der Waals surface area (Å²) in [6.45, 7) is 7.91. The fourth-order valence-corrected chi connectivity index (χ4v) is 4.69. The third kappa shape index (κ3) is 5.09. The maximum Gasteiger partial charge on any atom is 0.326 e. The van der Waals surface area contributed by atoms with E-state index in [1.54, 1.807) is 12.1 Å². The Hall–Kier alpha value is -3.61. The maximum absolute atomic E-state index is 13.0. The smallest absolute Gasteiger partial charge is 0.326 e. The van der Waals surface area contributed by atoms with Crippen LogP contribution in [-0.2, 0) is 4.79 Å². The molecule has 3 unspecified atom stereocenters. The minimum absolute atomic E-state index is 0.175. The lowest BCUT2D eigenvalue weighted by molar-refractivity contribution is -0.140. The molecule has 1 aromatic carbocycles. The van der Waals surface area contributed by atoms with Gasteiger partial charge in [0.25, 0.3) is 5.91 Å². The molecular weight excluding hydrogens is 440 g/mol. The summed E-state index contributed by atoms with van der Waals surface area (Å²) in [5, 5.41) is 15.9. The predicted octanol–water partition coefficient (Wildman–Crippen LogP) is 5.75. The van der Waals surface area contributed by atoms with Crippen LogP contribution in [0, 0.1) is 19.8 Å². The largest absolute Gasteiger partial charge is 0.480 e. The Bertz CT molecular complexity index is 1260. The maximum atomic E-state index is 13.0. The number of benzene rings is 1. The van der Waals surface area contributed by atoms with Crippen LogP contribution in [0.2, 0.25) is 0 Å². The van der Waals surface area contributed by atoms with Crippen LogP contribution in [0.15, 0.2) is 48.7 Å². The number of carbonyl (C=O) groups excluding carboxylic acids is 1. The van der Waals surface area contributed by atoms with Gasteiger partial charge in [0.2, 0.25) is 0 Å². The summed E-state index contributed by atoms with van der Waals surface area (Å²) < 4.78 is 1.99. The molecule has 7 heteroatoms. The van der Waals surface area contributed by atoms with Crippen LogP contribution in [0.5, 0.6) is 0 Å². The van der Waals surface area contributed by atoms with Gasteiger partial charge in [0, 0.05) is 23.4 Å². The summed E-state index contributed by atoms with van der Waals surface area (Å²) in [6, 6.07) is 8.74. The number of anilines is 2. The zero-order chi connectivity index (χ0) is 25.1. The lowest BCUT2D eigenvalue weighted by Crippen LogP contribution is -2.45. The number of hydrogen-bond acceptors (Lipinski definition) is 4. The van der Waals surface area contributed by atoms with Crippen molar-refractivity contribution in [3.8, 4) is 0 Å². The van der Waals surface area contributed by atoms with Crippen molar-refractivity contribution in [2.24, 2.45) is 5.92 Å². The van der Waals surface area contributed by atoms with E-state index >= 15 is 0 Å². The van der Waals surface area contributed by atoms with Gasteiger partial charge in [-0.1, -0.05) is 50.6 Å². The van der Waals surface area contributed by atoms with Gasteiger partial charge in [-0.3, -0.25) is 9.20 Å². The number of fused-ring (bicyclic) bond motifs is 1. The molecule has 4 rings (SSSR count).